The summed E-state index contributed by atoms with van der Waals surface area (Å²) in [6.45, 7) is 5.56. The summed E-state index contributed by atoms with van der Waals surface area (Å²) in [7, 11) is 0. The van der Waals surface area contributed by atoms with Gasteiger partial charge in [-0.25, -0.2) is 0 Å². The molecule has 4 atom stereocenters. The summed E-state index contributed by atoms with van der Waals surface area (Å²) >= 11 is 0. The molecule has 2 N–H and O–H groups in total. The third-order valence-corrected chi connectivity index (χ3v) is 6.15. The molecule has 0 aromatic carbocycles. The minimum atomic E-state index is 0.423. The van der Waals surface area contributed by atoms with E-state index < -0.39 is 0 Å². The molecule has 4 nitrogen and oxygen atoms in total. The van der Waals surface area contributed by atoms with E-state index in [1.54, 1.807) is 0 Å². The van der Waals surface area contributed by atoms with E-state index >= 15 is 0 Å². The Hall–Kier alpha value is -0.610. The van der Waals surface area contributed by atoms with Crippen LogP contribution in [0.1, 0.15) is 19.3 Å². The van der Waals surface area contributed by atoms with Crippen molar-refractivity contribution in [3.63, 3.8) is 0 Å². The van der Waals surface area contributed by atoms with Crippen molar-refractivity contribution in [1.82, 2.24) is 9.80 Å². The predicted octanol–water partition coefficient (Wildman–Crippen LogP) is 0.381. The molecule has 0 aromatic heterocycles. The molecule has 4 rings (SSSR count). The third kappa shape index (κ3) is 1.83. The number of carbonyl (C=O) groups is 1. The molecular weight excluding hydrogens is 238 g/mol. The van der Waals surface area contributed by atoms with E-state index in [2.05, 4.69) is 9.80 Å². The molecule has 0 radical (unpaired) electrons. The molecule has 1 aliphatic heterocycles. The number of nitrogens with zero attached hydrogens (tertiary/aromatic N) is 2. The minimum absolute atomic E-state index is 0.423. The number of piperazine rings is 1. The molecule has 0 aromatic rings. The molecule has 3 saturated carbocycles. The summed E-state index contributed by atoms with van der Waals surface area (Å²) in [5, 5.41) is 0. The standard InChI is InChI=1S/C15H25N3O/c16-3-4-17-5-7-18(8-6-17)15(19)14-12-10-1-2-11(9-10)13(12)14/h10-14H,1-9,16H2. The fourth-order valence-corrected chi connectivity index (χ4v) is 5.24. The number of fused-ring (bicyclic) bond motifs is 5. The molecule has 1 heterocycles. The average molecular weight is 263 g/mol. The van der Waals surface area contributed by atoms with Crippen LogP contribution in [0, 0.1) is 29.6 Å². The molecule has 19 heavy (non-hydrogen) atoms. The Morgan fingerprint density at radius 3 is 2.26 bits per heavy atom. The van der Waals surface area contributed by atoms with E-state index in [0.29, 0.717) is 11.8 Å². The Morgan fingerprint density at radius 1 is 1.05 bits per heavy atom. The third-order valence-electron chi connectivity index (χ3n) is 6.15. The largest absolute Gasteiger partial charge is 0.340 e. The van der Waals surface area contributed by atoms with Gasteiger partial charge in [0.2, 0.25) is 5.91 Å². The monoisotopic (exact) mass is 263 g/mol. The number of hydrogen-bond acceptors (Lipinski definition) is 3. The number of amides is 1. The second-order valence-corrected chi connectivity index (χ2v) is 6.97. The zero-order valence-electron chi connectivity index (χ0n) is 11.6. The normalized spacial score (nSPS) is 44.5. The van der Waals surface area contributed by atoms with E-state index in [1.165, 1.54) is 19.3 Å². The highest BCUT2D eigenvalue weighted by Crippen LogP contribution is 2.69. The van der Waals surface area contributed by atoms with Crippen LogP contribution in [0.4, 0.5) is 0 Å². The van der Waals surface area contributed by atoms with E-state index in [9.17, 15) is 4.79 Å². The molecule has 4 fully saturated rings. The van der Waals surface area contributed by atoms with Gasteiger partial charge in [0.05, 0.1) is 0 Å². The van der Waals surface area contributed by atoms with Gasteiger partial charge < -0.3 is 10.6 Å². The average Bonchev–Trinajstić information content (AvgIpc) is 2.87. The molecule has 4 unspecified atom stereocenters. The fourth-order valence-electron chi connectivity index (χ4n) is 5.24. The highest BCUT2D eigenvalue weighted by molar-refractivity contribution is 5.83. The Morgan fingerprint density at radius 2 is 1.68 bits per heavy atom. The lowest BCUT2D eigenvalue weighted by Crippen LogP contribution is -2.50. The first-order valence-electron chi connectivity index (χ1n) is 8.01. The first-order valence-corrected chi connectivity index (χ1v) is 8.01. The molecule has 3 aliphatic carbocycles. The highest BCUT2D eigenvalue weighted by atomic mass is 16.2. The number of carbonyl (C=O) groups excluding carboxylic acids is 1. The van der Waals surface area contributed by atoms with E-state index in [4.69, 9.17) is 5.73 Å². The van der Waals surface area contributed by atoms with Crippen molar-refractivity contribution in [2.24, 2.45) is 35.3 Å². The minimum Gasteiger partial charge on any atom is -0.340 e. The Kier molecular flexibility index (Phi) is 2.85. The smallest absolute Gasteiger partial charge is 0.226 e. The molecule has 1 saturated heterocycles. The van der Waals surface area contributed by atoms with Crippen molar-refractivity contribution in [3.05, 3.63) is 0 Å². The van der Waals surface area contributed by atoms with Gasteiger partial charge in [0.15, 0.2) is 0 Å². The molecule has 0 spiro atoms. The highest BCUT2D eigenvalue weighted by Gasteiger charge is 2.67. The van der Waals surface area contributed by atoms with Gasteiger partial charge in [-0.15, -0.1) is 0 Å². The van der Waals surface area contributed by atoms with E-state index in [0.717, 1.165) is 62.9 Å². The van der Waals surface area contributed by atoms with Crippen LogP contribution in [-0.4, -0.2) is 55.0 Å². The van der Waals surface area contributed by atoms with Crippen molar-refractivity contribution in [3.8, 4) is 0 Å². The van der Waals surface area contributed by atoms with Crippen molar-refractivity contribution in [1.29, 1.82) is 0 Å². The van der Waals surface area contributed by atoms with Crippen molar-refractivity contribution in [2.75, 3.05) is 39.3 Å². The van der Waals surface area contributed by atoms with Gasteiger partial charge >= 0.3 is 0 Å². The lowest BCUT2D eigenvalue weighted by molar-refractivity contribution is -0.135. The number of nitrogens with two attached hydrogens (primary N) is 1. The van der Waals surface area contributed by atoms with Crippen LogP contribution in [-0.2, 0) is 4.79 Å². The second kappa shape index (κ2) is 4.45. The Balaban J connectivity index is 1.34. The Labute approximate surface area is 115 Å². The van der Waals surface area contributed by atoms with Crippen LogP contribution in [0.3, 0.4) is 0 Å². The summed E-state index contributed by atoms with van der Waals surface area (Å²) in [5.41, 5.74) is 5.59. The van der Waals surface area contributed by atoms with Gasteiger partial charge in [-0.2, -0.15) is 0 Å². The van der Waals surface area contributed by atoms with Gasteiger partial charge in [0.1, 0.15) is 0 Å². The molecule has 4 heteroatoms. The van der Waals surface area contributed by atoms with E-state index in [1.807, 2.05) is 0 Å². The maximum atomic E-state index is 12.6. The number of hydrogen-bond donors (Lipinski definition) is 1. The predicted molar refractivity (Wildman–Crippen MR) is 73.4 cm³/mol. The van der Waals surface area contributed by atoms with Crippen LogP contribution >= 0.6 is 0 Å². The number of rotatable bonds is 3. The second-order valence-electron chi connectivity index (χ2n) is 6.97. The maximum absolute atomic E-state index is 12.6. The first kappa shape index (κ1) is 12.2. The van der Waals surface area contributed by atoms with Crippen LogP contribution in [0.15, 0.2) is 0 Å². The zero-order valence-corrected chi connectivity index (χ0v) is 11.6. The summed E-state index contributed by atoms with van der Waals surface area (Å²) in [4.78, 5) is 17.2. The lowest BCUT2D eigenvalue weighted by Gasteiger charge is -2.35. The van der Waals surface area contributed by atoms with E-state index in [-0.39, 0.29) is 0 Å². The molecule has 1 amide bonds. The van der Waals surface area contributed by atoms with Crippen molar-refractivity contribution >= 4 is 5.91 Å². The summed E-state index contributed by atoms with van der Waals surface area (Å²) in [6, 6.07) is 0. The van der Waals surface area contributed by atoms with Gasteiger partial charge in [-0.1, -0.05) is 0 Å². The van der Waals surface area contributed by atoms with Crippen LogP contribution in [0.25, 0.3) is 0 Å². The quantitative estimate of drug-likeness (QED) is 0.801. The van der Waals surface area contributed by atoms with Crippen molar-refractivity contribution < 1.29 is 4.79 Å². The SMILES string of the molecule is NCCN1CCN(C(=O)C2C3C4CCC(C4)C23)CC1. The topological polar surface area (TPSA) is 49.6 Å². The Bertz CT molecular complexity index is 362. The fraction of sp³-hybridized carbons (Fsp3) is 0.933. The summed E-state index contributed by atoms with van der Waals surface area (Å²) < 4.78 is 0. The van der Waals surface area contributed by atoms with Crippen LogP contribution in [0.5, 0.6) is 0 Å². The molecule has 106 valence electrons. The summed E-state index contributed by atoms with van der Waals surface area (Å²) in [5.74, 6) is 4.29. The molecular formula is C15H25N3O. The van der Waals surface area contributed by atoms with Gasteiger partial charge in [-0.3, -0.25) is 9.69 Å². The zero-order chi connectivity index (χ0) is 13.0. The molecule has 2 bridgehead atoms. The van der Waals surface area contributed by atoms with Crippen LogP contribution < -0.4 is 5.73 Å². The van der Waals surface area contributed by atoms with Crippen molar-refractivity contribution in [2.45, 2.75) is 19.3 Å². The lowest BCUT2D eigenvalue weighted by atomic mass is 10.0. The summed E-state index contributed by atoms with van der Waals surface area (Å²) in [6.07, 6.45) is 4.24. The first-order chi connectivity index (χ1) is 9.29. The van der Waals surface area contributed by atoms with Gasteiger partial charge in [-0.05, 0) is 42.9 Å². The maximum Gasteiger partial charge on any atom is 0.226 e. The van der Waals surface area contributed by atoms with Gasteiger partial charge in [0.25, 0.3) is 0 Å². The molecule has 4 aliphatic rings. The van der Waals surface area contributed by atoms with Gasteiger partial charge in [0, 0.05) is 45.2 Å². The van der Waals surface area contributed by atoms with Crippen LogP contribution in [0.2, 0.25) is 0 Å².